The Balaban J connectivity index is 1.98. The molecular weight excluding hydrogens is 308 g/mol. The van der Waals surface area contributed by atoms with Gasteiger partial charge in [-0.1, -0.05) is 18.2 Å². The number of rotatable bonds is 5. The van der Waals surface area contributed by atoms with Crippen molar-refractivity contribution in [2.24, 2.45) is 0 Å². The van der Waals surface area contributed by atoms with Gasteiger partial charge < -0.3 is 20.1 Å². The Morgan fingerprint density at radius 1 is 1.00 bits per heavy atom. The summed E-state index contributed by atoms with van der Waals surface area (Å²) in [7, 11) is 3.25. The number of anilines is 1. The second-order valence-corrected chi connectivity index (χ2v) is 5.72. The SMILES string of the molecule is COc1ccc(CNC(=S)Nc2cc(C)ccc2C)cc1OC. The molecule has 0 aliphatic heterocycles. The van der Waals surface area contributed by atoms with E-state index in [1.165, 1.54) is 5.56 Å². The molecule has 0 fully saturated rings. The molecule has 0 saturated heterocycles. The average Bonchev–Trinajstić information content (AvgIpc) is 2.56. The number of thiocarbonyl (C=S) groups is 1. The first-order valence-corrected chi connectivity index (χ1v) is 7.77. The van der Waals surface area contributed by atoms with E-state index in [1.807, 2.05) is 18.2 Å². The first kappa shape index (κ1) is 17.1. The van der Waals surface area contributed by atoms with E-state index in [1.54, 1.807) is 14.2 Å². The van der Waals surface area contributed by atoms with Gasteiger partial charge in [-0.05, 0) is 61.0 Å². The Bertz CT molecular complexity index is 701. The molecule has 2 aromatic carbocycles. The lowest BCUT2D eigenvalue weighted by molar-refractivity contribution is 0.354. The quantitative estimate of drug-likeness (QED) is 0.816. The molecule has 23 heavy (non-hydrogen) atoms. The van der Waals surface area contributed by atoms with E-state index in [0.717, 1.165) is 16.8 Å². The Hall–Kier alpha value is -2.27. The largest absolute Gasteiger partial charge is 0.493 e. The van der Waals surface area contributed by atoms with Crippen LogP contribution in [0, 0.1) is 13.8 Å². The van der Waals surface area contributed by atoms with Gasteiger partial charge in [-0.25, -0.2) is 0 Å². The molecule has 0 aromatic heterocycles. The lowest BCUT2D eigenvalue weighted by Crippen LogP contribution is -2.28. The molecule has 0 saturated carbocycles. The van der Waals surface area contributed by atoms with Gasteiger partial charge in [0, 0.05) is 12.2 Å². The van der Waals surface area contributed by atoms with Crippen LogP contribution >= 0.6 is 12.2 Å². The number of hydrogen-bond donors (Lipinski definition) is 2. The van der Waals surface area contributed by atoms with Gasteiger partial charge in [0.05, 0.1) is 14.2 Å². The van der Waals surface area contributed by atoms with Crippen LogP contribution in [-0.4, -0.2) is 19.3 Å². The predicted octanol–water partition coefficient (Wildman–Crippen LogP) is 3.81. The summed E-state index contributed by atoms with van der Waals surface area (Å²) in [6.45, 7) is 4.72. The zero-order valence-electron chi connectivity index (χ0n) is 13.9. The maximum atomic E-state index is 5.37. The molecule has 0 aliphatic rings. The first-order chi connectivity index (χ1) is 11.0. The number of aryl methyl sites for hydroxylation is 2. The van der Waals surface area contributed by atoms with Crippen LogP contribution in [0.5, 0.6) is 11.5 Å². The monoisotopic (exact) mass is 330 g/mol. The van der Waals surface area contributed by atoms with E-state index >= 15 is 0 Å². The van der Waals surface area contributed by atoms with Crippen molar-refractivity contribution in [2.75, 3.05) is 19.5 Å². The highest BCUT2D eigenvalue weighted by molar-refractivity contribution is 7.80. The average molecular weight is 330 g/mol. The molecule has 4 nitrogen and oxygen atoms in total. The minimum atomic E-state index is 0.591. The lowest BCUT2D eigenvalue weighted by atomic mass is 10.1. The van der Waals surface area contributed by atoms with Crippen LogP contribution in [0.3, 0.4) is 0 Å². The highest BCUT2D eigenvalue weighted by Crippen LogP contribution is 2.27. The van der Waals surface area contributed by atoms with Crippen LogP contribution in [0.2, 0.25) is 0 Å². The third kappa shape index (κ3) is 4.60. The van der Waals surface area contributed by atoms with Crippen molar-refractivity contribution in [3.63, 3.8) is 0 Å². The second-order valence-electron chi connectivity index (χ2n) is 5.32. The highest BCUT2D eigenvalue weighted by Gasteiger charge is 2.06. The molecule has 0 aliphatic carbocycles. The van der Waals surface area contributed by atoms with Gasteiger partial charge in [-0.2, -0.15) is 0 Å². The molecule has 0 amide bonds. The molecule has 0 heterocycles. The van der Waals surface area contributed by atoms with Crippen molar-refractivity contribution in [1.82, 2.24) is 5.32 Å². The molecule has 0 atom stereocenters. The van der Waals surface area contributed by atoms with Crippen molar-refractivity contribution in [3.8, 4) is 11.5 Å². The lowest BCUT2D eigenvalue weighted by Gasteiger charge is -2.14. The summed E-state index contributed by atoms with van der Waals surface area (Å²) in [6.07, 6.45) is 0. The molecular formula is C18H22N2O2S. The topological polar surface area (TPSA) is 42.5 Å². The molecule has 2 rings (SSSR count). The van der Waals surface area contributed by atoms with Crippen LogP contribution in [-0.2, 0) is 6.54 Å². The number of methoxy groups -OCH3 is 2. The molecule has 0 unspecified atom stereocenters. The molecule has 2 N–H and O–H groups in total. The van der Waals surface area contributed by atoms with E-state index in [-0.39, 0.29) is 0 Å². The van der Waals surface area contributed by atoms with Crippen molar-refractivity contribution < 1.29 is 9.47 Å². The van der Waals surface area contributed by atoms with Crippen LogP contribution in [0.25, 0.3) is 0 Å². The zero-order chi connectivity index (χ0) is 16.8. The van der Waals surface area contributed by atoms with Crippen LogP contribution in [0.15, 0.2) is 36.4 Å². The van der Waals surface area contributed by atoms with Crippen LogP contribution in [0.1, 0.15) is 16.7 Å². The van der Waals surface area contributed by atoms with Crippen LogP contribution < -0.4 is 20.1 Å². The smallest absolute Gasteiger partial charge is 0.171 e. The molecule has 122 valence electrons. The summed E-state index contributed by atoms with van der Waals surface area (Å²) in [5, 5.41) is 7.03. The maximum absolute atomic E-state index is 5.37. The van der Waals surface area contributed by atoms with Gasteiger partial charge in [-0.15, -0.1) is 0 Å². The van der Waals surface area contributed by atoms with E-state index in [2.05, 4.69) is 42.7 Å². The summed E-state index contributed by atoms with van der Waals surface area (Å²) in [5.41, 5.74) is 4.44. The van der Waals surface area contributed by atoms with Gasteiger partial charge in [0.1, 0.15) is 0 Å². The molecule has 5 heteroatoms. The van der Waals surface area contributed by atoms with E-state index in [4.69, 9.17) is 21.7 Å². The van der Waals surface area contributed by atoms with Gasteiger partial charge in [0.25, 0.3) is 0 Å². The Morgan fingerprint density at radius 2 is 1.74 bits per heavy atom. The van der Waals surface area contributed by atoms with Gasteiger partial charge in [-0.3, -0.25) is 0 Å². The third-order valence-corrected chi connectivity index (χ3v) is 3.79. The van der Waals surface area contributed by atoms with Crippen molar-refractivity contribution in [2.45, 2.75) is 20.4 Å². The van der Waals surface area contributed by atoms with Crippen molar-refractivity contribution in [1.29, 1.82) is 0 Å². The number of nitrogens with one attached hydrogen (secondary N) is 2. The Labute approximate surface area is 142 Å². The van der Waals surface area contributed by atoms with Crippen LogP contribution in [0.4, 0.5) is 5.69 Å². The number of benzene rings is 2. The number of ether oxygens (including phenoxy) is 2. The maximum Gasteiger partial charge on any atom is 0.171 e. The van der Waals surface area contributed by atoms with Crippen molar-refractivity contribution in [3.05, 3.63) is 53.1 Å². The predicted molar refractivity (Wildman–Crippen MR) is 98.5 cm³/mol. The van der Waals surface area contributed by atoms with Gasteiger partial charge >= 0.3 is 0 Å². The summed E-state index contributed by atoms with van der Waals surface area (Å²) in [5.74, 6) is 1.42. The molecule has 0 bridgehead atoms. The fraction of sp³-hybridized carbons (Fsp3) is 0.278. The second kappa shape index (κ2) is 7.83. The van der Waals surface area contributed by atoms with E-state index in [0.29, 0.717) is 23.2 Å². The highest BCUT2D eigenvalue weighted by atomic mass is 32.1. The van der Waals surface area contributed by atoms with E-state index < -0.39 is 0 Å². The summed E-state index contributed by atoms with van der Waals surface area (Å²) < 4.78 is 10.5. The Kier molecular flexibility index (Phi) is 5.82. The first-order valence-electron chi connectivity index (χ1n) is 7.36. The normalized spacial score (nSPS) is 10.1. The summed E-state index contributed by atoms with van der Waals surface area (Å²) in [6, 6.07) is 12.0. The summed E-state index contributed by atoms with van der Waals surface area (Å²) in [4.78, 5) is 0. The molecule has 0 spiro atoms. The minimum absolute atomic E-state index is 0.591. The van der Waals surface area contributed by atoms with Gasteiger partial charge in [0.2, 0.25) is 0 Å². The fourth-order valence-corrected chi connectivity index (χ4v) is 2.39. The molecule has 0 radical (unpaired) electrons. The number of hydrogen-bond acceptors (Lipinski definition) is 3. The zero-order valence-corrected chi connectivity index (χ0v) is 14.7. The molecule has 2 aromatic rings. The van der Waals surface area contributed by atoms with Crippen molar-refractivity contribution >= 4 is 23.0 Å². The Morgan fingerprint density at radius 3 is 2.43 bits per heavy atom. The standard InChI is InChI=1S/C18H22N2O2S/c1-12-5-6-13(2)15(9-12)20-18(23)19-11-14-7-8-16(21-3)17(10-14)22-4/h5-10H,11H2,1-4H3,(H2,19,20,23). The van der Waals surface area contributed by atoms with E-state index in [9.17, 15) is 0 Å². The van der Waals surface area contributed by atoms with Gasteiger partial charge in [0.15, 0.2) is 16.6 Å². The summed E-state index contributed by atoms with van der Waals surface area (Å²) >= 11 is 5.37. The fourth-order valence-electron chi connectivity index (χ4n) is 2.21. The third-order valence-electron chi connectivity index (χ3n) is 3.54. The minimum Gasteiger partial charge on any atom is -0.493 e.